The summed E-state index contributed by atoms with van der Waals surface area (Å²) in [5.41, 5.74) is 6.41. The fourth-order valence-electron chi connectivity index (χ4n) is 3.37. The van der Waals surface area contributed by atoms with Gasteiger partial charge in [-0.15, -0.1) is 0 Å². The summed E-state index contributed by atoms with van der Waals surface area (Å²) >= 11 is 0. The van der Waals surface area contributed by atoms with E-state index in [2.05, 4.69) is 0 Å². The van der Waals surface area contributed by atoms with Crippen molar-refractivity contribution in [3.63, 3.8) is 0 Å². The number of carboxylic acids is 1. The maximum Gasteiger partial charge on any atom is 0.513 e. The van der Waals surface area contributed by atoms with E-state index in [0.29, 0.717) is 5.56 Å². The molecule has 1 aromatic rings. The Morgan fingerprint density at radius 2 is 1.28 bits per heavy atom. The first-order chi connectivity index (χ1) is 18.1. The van der Waals surface area contributed by atoms with Crippen LogP contribution in [0.1, 0.15) is 66.9 Å². The van der Waals surface area contributed by atoms with Gasteiger partial charge in [-0.3, -0.25) is 9.59 Å². The van der Waals surface area contributed by atoms with Crippen LogP contribution in [0.4, 0.5) is 9.59 Å². The molecule has 1 aromatic carbocycles. The average Bonchev–Trinajstić information content (AvgIpc) is 2.85. The number of rotatable bonds is 14. The van der Waals surface area contributed by atoms with Gasteiger partial charge in [-0.1, -0.05) is 61.5 Å². The molecular formula is C28H43NO10. The minimum Gasteiger partial charge on any atom is -0.480 e. The molecule has 0 aliphatic heterocycles. The van der Waals surface area contributed by atoms with Gasteiger partial charge in [0.1, 0.15) is 6.04 Å². The Morgan fingerprint density at radius 1 is 0.769 bits per heavy atom. The van der Waals surface area contributed by atoms with Crippen LogP contribution in [-0.4, -0.2) is 55.2 Å². The van der Waals surface area contributed by atoms with Crippen molar-refractivity contribution in [1.82, 2.24) is 0 Å². The molecule has 1 rings (SSSR count). The highest BCUT2D eigenvalue weighted by Crippen LogP contribution is 2.36. The summed E-state index contributed by atoms with van der Waals surface area (Å²) in [6, 6.07) is 2.81. The highest BCUT2D eigenvalue weighted by Gasteiger charge is 2.33. The highest BCUT2D eigenvalue weighted by atomic mass is 16.7. The van der Waals surface area contributed by atoms with Gasteiger partial charge in [-0.25, -0.2) is 9.59 Å². The molecule has 0 aliphatic carbocycles. The van der Waals surface area contributed by atoms with Crippen LogP contribution in [0.5, 0.6) is 11.5 Å². The lowest BCUT2D eigenvalue weighted by Crippen LogP contribution is -2.41. The second-order valence-electron chi connectivity index (χ2n) is 10.8. The molecule has 4 atom stereocenters. The Labute approximate surface area is 230 Å². The van der Waals surface area contributed by atoms with Gasteiger partial charge in [0.15, 0.2) is 11.5 Å². The first kappa shape index (κ1) is 33.7. The van der Waals surface area contributed by atoms with Crippen LogP contribution in [0.25, 0.3) is 0 Å². The zero-order valence-electron chi connectivity index (χ0n) is 24.1. The van der Waals surface area contributed by atoms with Crippen LogP contribution in [0.2, 0.25) is 0 Å². The molecule has 0 saturated heterocycles. The number of carbonyl (C=O) groups excluding carboxylic acids is 3. The Hall–Kier alpha value is -3.34. The van der Waals surface area contributed by atoms with Gasteiger partial charge < -0.3 is 34.5 Å². The Bertz CT molecular complexity index is 975. The third-order valence-electron chi connectivity index (χ3n) is 5.95. The predicted molar refractivity (Wildman–Crippen MR) is 143 cm³/mol. The van der Waals surface area contributed by atoms with E-state index in [-0.39, 0.29) is 55.0 Å². The molecule has 11 nitrogen and oxygen atoms in total. The molecule has 3 N–H and O–H groups in total. The molecule has 0 aliphatic rings. The second-order valence-corrected chi connectivity index (χ2v) is 10.8. The van der Waals surface area contributed by atoms with E-state index in [4.69, 9.17) is 29.4 Å². The zero-order valence-corrected chi connectivity index (χ0v) is 24.1. The minimum absolute atomic E-state index is 0.0468. The number of ether oxygens (including phenoxy) is 5. The van der Waals surface area contributed by atoms with Crippen LogP contribution in [0, 0.1) is 29.6 Å². The fourth-order valence-corrected chi connectivity index (χ4v) is 3.37. The first-order valence-electron chi connectivity index (χ1n) is 13.1. The van der Waals surface area contributed by atoms with Crippen LogP contribution < -0.4 is 15.2 Å². The normalized spacial score (nSPS) is 14.4. The van der Waals surface area contributed by atoms with E-state index >= 15 is 0 Å². The Morgan fingerprint density at radius 3 is 1.74 bits per heavy atom. The van der Waals surface area contributed by atoms with E-state index in [1.165, 1.54) is 18.2 Å². The quantitative estimate of drug-likeness (QED) is 0.181. The molecule has 0 fully saturated rings. The smallest absolute Gasteiger partial charge is 0.480 e. The monoisotopic (exact) mass is 553 g/mol. The summed E-state index contributed by atoms with van der Waals surface area (Å²) in [6.45, 7) is 14.8. The molecule has 39 heavy (non-hydrogen) atoms. The third kappa shape index (κ3) is 11.5. The number of hydrogen-bond donors (Lipinski definition) is 2. The van der Waals surface area contributed by atoms with E-state index < -0.39 is 42.1 Å². The van der Waals surface area contributed by atoms with Crippen molar-refractivity contribution < 1.29 is 48.0 Å². The van der Waals surface area contributed by atoms with Crippen LogP contribution >= 0.6 is 0 Å². The summed E-state index contributed by atoms with van der Waals surface area (Å²) in [5.74, 6) is -3.56. The first-order valence-corrected chi connectivity index (χ1v) is 13.1. The van der Waals surface area contributed by atoms with E-state index in [0.717, 1.165) is 0 Å². The van der Waals surface area contributed by atoms with E-state index in [1.807, 2.05) is 41.5 Å². The molecule has 0 amide bonds. The topological polar surface area (TPSA) is 161 Å². The molecule has 0 bridgehead atoms. The van der Waals surface area contributed by atoms with Crippen molar-refractivity contribution >= 4 is 24.2 Å². The predicted octanol–water partition coefficient (Wildman–Crippen LogP) is 5.00. The van der Waals surface area contributed by atoms with Crippen molar-refractivity contribution in [1.29, 1.82) is 0 Å². The second kappa shape index (κ2) is 15.9. The lowest BCUT2D eigenvalue weighted by Gasteiger charge is -2.28. The summed E-state index contributed by atoms with van der Waals surface area (Å²) < 4.78 is 26.1. The van der Waals surface area contributed by atoms with E-state index in [9.17, 15) is 24.3 Å². The average molecular weight is 554 g/mol. The standard InChI is InChI=1S/C28H43NO10/c1-15(2)12-36-27(33)38-21-10-9-20(11-22(21)39-28(34)37-13-16(3)4)23(24(29)25(30)31)18(7)14-35-26(32)19(8)17(5)6/h9-11,15-19,23-24H,12-14,29H2,1-8H3,(H,30,31)/t18?,19?,23?,24-/m0/s1. The lowest BCUT2D eigenvalue weighted by molar-refractivity contribution is -0.151. The van der Waals surface area contributed by atoms with Crippen LogP contribution in [0.3, 0.4) is 0 Å². The van der Waals surface area contributed by atoms with Crippen molar-refractivity contribution in [2.24, 2.45) is 35.3 Å². The molecule has 0 radical (unpaired) electrons. The van der Waals surface area contributed by atoms with Gasteiger partial charge in [0.25, 0.3) is 0 Å². The molecule has 220 valence electrons. The van der Waals surface area contributed by atoms with Crippen molar-refractivity contribution in [3.05, 3.63) is 23.8 Å². The summed E-state index contributed by atoms with van der Waals surface area (Å²) in [6.07, 6.45) is -2.04. The number of carboxylic acid groups (broad SMARTS) is 1. The number of aliphatic carboxylic acids is 1. The minimum atomic E-state index is -1.38. The zero-order chi connectivity index (χ0) is 29.9. The van der Waals surface area contributed by atoms with Crippen molar-refractivity contribution in [2.45, 2.75) is 67.3 Å². The van der Waals surface area contributed by atoms with Gasteiger partial charge in [0, 0.05) is 5.92 Å². The highest BCUT2D eigenvalue weighted by molar-refractivity contribution is 5.75. The van der Waals surface area contributed by atoms with Crippen LogP contribution in [0.15, 0.2) is 18.2 Å². The number of nitrogens with two attached hydrogens (primary N) is 1. The SMILES string of the molecule is CC(C)COC(=O)Oc1ccc(C(C(C)COC(=O)C(C)C(C)C)[C@H](N)C(=O)O)cc1OC(=O)OCC(C)C. The van der Waals surface area contributed by atoms with Crippen molar-refractivity contribution in [2.75, 3.05) is 19.8 Å². The lowest BCUT2D eigenvalue weighted by atomic mass is 9.82. The largest absolute Gasteiger partial charge is 0.513 e. The number of carbonyl (C=O) groups is 4. The summed E-state index contributed by atoms with van der Waals surface area (Å²) in [5, 5.41) is 9.69. The third-order valence-corrected chi connectivity index (χ3v) is 5.95. The molecule has 0 heterocycles. The number of hydrogen-bond acceptors (Lipinski definition) is 10. The van der Waals surface area contributed by atoms with Gasteiger partial charge in [-0.2, -0.15) is 0 Å². The van der Waals surface area contributed by atoms with Gasteiger partial charge in [-0.05, 0) is 41.4 Å². The van der Waals surface area contributed by atoms with Crippen LogP contribution in [-0.2, 0) is 23.8 Å². The maximum absolute atomic E-state index is 12.4. The molecule has 0 spiro atoms. The molecular weight excluding hydrogens is 510 g/mol. The molecule has 11 heteroatoms. The number of esters is 1. The number of benzene rings is 1. The summed E-state index contributed by atoms with van der Waals surface area (Å²) in [7, 11) is 0. The maximum atomic E-state index is 12.4. The Kier molecular flexibility index (Phi) is 13.8. The fraction of sp³-hybridized carbons (Fsp3) is 0.643. The van der Waals surface area contributed by atoms with Gasteiger partial charge in [0.2, 0.25) is 0 Å². The molecule has 3 unspecified atom stereocenters. The van der Waals surface area contributed by atoms with Gasteiger partial charge >= 0.3 is 24.2 Å². The van der Waals surface area contributed by atoms with E-state index in [1.54, 1.807) is 13.8 Å². The van der Waals surface area contributed by atoms with Crippen molar-refractivity contribution in [3.8, 4) is 11.5 Å². The molecule has 0 saturated carbocycles. The Balaban J connectivity index is 3.34. The molecule has 0 aromatic heterocycles. The van der Waals surface area contributed by atoms with Gasteiger partial charge in [0.05, 0.1) is 25.7 Å². The summed E-state index contributed by atoms with van der Waals surface area (Å²) in [4.78, 5) is 48.8.